The van der Waals surface area contributed by atoms with Crippen LogP contribution in [0, 0.1) is 0 Å². The summed E-state index contributed by atoms with van der Waals surface area (Å²) in [7, 11) is -3.33. The Morgan fingerprint density at radius 1 is 1.30 bits per heavy atom. The third kappa shape index (κ3) is 5.58. The van der Waals surface area contributed by atoms with Crippen molar-refractivity contribution in [3.05, 3.63) is 35.9 Å². The minimum Gasteiger partial charge on any atom is -0.370 e. The summed E-state index contributed by atoms with van der Waals surface area (Å²) in [5.74, 6) is 0.262. The third-order valence-electron chi connectivity index (χ3n) is 2.91. The van der Waals surface area contributed by atoms with Gasteiger partial charge in [-0.25, -0.2) is 13.1 Å². The molecule has 6 nitrogen and oxygen atoms in total. The van der Waals surface area contributed by atoms with E-state index in [0.717, 1.165) is 18.4 Å². The first kappa shape index (κ1) is 14.8. The molecular formula is C13H20N4O2S. The lowest BCUT2D eigenvalue weighted by Crippen LogP contribution is -2.34. The van der Waals surface area contributed by atoms with Gasteiger partial charge in [0, 0.05) is 12.6 Å². The van der Waals surface area contributed by atoms with Crippen molar-refractivity contribution in [3.63, 3.8) is 0 Å². The van der Waals surface area contributed by atoms with Crippen molar-refractivity contribution in [1.29, 1.82) is 0 Å². The van der Waals surface area contributed by atoms with Crippen molar-refractivity contribution < 1.29 is 8.42 Å². The van der Waals surface area contributed by atoms with Gasteiger partial charge in [0.25, 0.3) is 0 Å². The van der Waals surface area contributed by atoms with Crippen LogP contribution in [0.15, 0.2) is 35.3 Å². The van der Waals surface area contributed by atoms with Gasteiger partial charge in [0.2, 0.25) is 10.0 Å². The number of hydrogen-bond acceptors (Lipinski definition) is 3. The van der Waals surface area contributed by atoms with Gasteiger partial charge in [-0.1, -0.05) is 30.3 Å². The highest BCUT2D eigenvalue weighted by Gasteiger charge is 2.21. The van der Waals surface area contributed by atoms with Crippen molar-refractivity contribution in [3.8, 4) is 0 Å². The predicted octanol–water partition coefficient (Wildman–Crippen LogP) is 0.173. The molecule has 0 spiro atoms. The van der Waals surface area contributed by atoms with Gasteiger partial charge in [-0.3, -0.25) is 4.99 Å². The number of nitrogens with one attached hydrogen (secondary N) is 2. The normalized spacial score (nSPS) is 16.1. The summed E-state index contributed by atoms with van der Waals surface area (Å²) in [6, 6.07) is 9.81. The second-order valence-corrected chi connectivity index (χ2v) is 6.74. The lowest BCUT2D eigenvalue weighted by molar-refractivity contribution is 0.581. The number of aliphatic imine (C=N–C) groups is 1. The molecule has 0 aromatic heterocycles. The number of sulfonamides is 1. The summed E-state index contributed by atoms with van der Waals surface area (Å²) in [6.07, 6.45) is 2.21. The number of benzene rings is 1. The van der Waals surface area contributed by atoms with Gasteiger partial charge in [-0.2, -0.15) is 0 Å². The molecule has 0 heterocycles. The minimum atomic E-state index is -3.33. The summed E-state index contributed by atoms with van der Waals surface area (Å²) < 4.78 is 26.1. The molecule has 0 unspecified atom stereocenters. The van der Waals surface area contributed by atoms with Gasteiger partial charge in [0.05, 0.1) is 12.3 Å². The Morgan fingerprint density at radius 2 is 2.00 bits per heavy atom. The zero-order chi connectivity index (χ0) is 14.4. The fourth-order valence-corrected chi connectivity index (χ4v) is 2.49. The number of rotatable bonds is 7. The summed E-state index contributed by atoms with van der Waals surface area (Å²) in [5.41, 5.74) is 6.56. The van der Waals surface area contributed by atoms with Crippen molar-refractivity contribution in [1.82, 2.24) is 10.0 Å². The number of hydrogen-bond donors (Lipinski definition) is 3. The molecule has 0 saturated heterocycles. The van der Waals surface area contributed by atoms with E-state index >= 15 is 0 Å². The molecule has 1 saturated carbocycles. The minimum absolute atomic E-state index is 0.0626. The van der Waals surface area contributed by atoms with Gasteiger partial charge in [0.15, 0.2) is 5.96 Å². The highest BCUT2D eigenvalue weighted by atomic mass is 32.2. The highest BCUT2D eigenvalue weighted by molar-refractivity contribution is 7.89. The maximum Gasteiger partial charge on any atom is 0.213 e. The summed E-state index contributed by atoms with van der Waals surface area (Å²) in [4.78, 5) is 4.01. The summed E-state index contributed by atoms with van der Waals surface area (Å²) >= 11 is 0. The molecule has 0 atom stereocenters. The lowest BCUT2D eigenvalue weighted by Gasteiger charge is -2.06. The maximum atomic E-state index is 11.8. The molecule has 7 heteroatoms. The first-order valence-electron chi connectivity index (χ1n) is 6.63. The monoisotopic (exact) mass is 296 g/mol. The Balaban J connectivity index is 1.73. The number of guanidine groups is 1. The van der Waals surface area contributed by atoms with Crippen LogP contribution in [-0.2, 0) is 16.6 Å². The predicted molar refractivity (Wildman–Crippen MR) is 79.7 cm³/mol. The quantitative estimate of drug-likeness (QED) is 0.494. The first-order valence-corrected chi connectivity index (χ1v) is 8.28. The zero-order valence-corrected chi connectivity index (χ0v) is 12.1. The van der Waals surface area contributed by atoms with Crippen LogP contribution in [0.1, 0.15) is 18.4 Å². The van der Waals surface area contributed by atoms with E-state index < -0.39 is 10.0 Å². The Bertz CT molecular complexity index is 553. The molecule has 1 fully saturated rings. The zero-order valence-electron chi connectivity index (χ0n) is 11.2. The Morgan fingerprint density at radius 3 is 2.65 bits per heavy atom. The van der Waals surface area contributed by atoms with E-state index in [2.05, 4.69) is 15.0 Å². The van der Waals surface area contributed by atoms with Gasteiger partial charge < -0.3 is 11.1 Å². The molecular weight excluding hydrogens is 276 g/mol. The fourth-order valence-electron chi connectivity index (χ4n) is 1.63. The van der Waals surface area contributed by atoms with Gasteiger partial charge in [0.1, 0.15) is 0 Å². The summed E-state index contributed by atoms with van der Waals surface area (Å²) in [6.45, 7) is 0.457. The standard InChI is InChI=1S/C13H20N4O2S/c14-13(17-12-6-7-12)15-8-9-20(18,19)16-10-11-4-2-1-3-5-11/h1-5,12,16H,6-10H2,(H3,14,15,17). The van der Waals surface area contributed by atoms with Crippen molar-refractivity contribution in [2.24, 2.45) is 10.7 Å². The van der Waals surface area contributed by atoms with Crippen LogP contribution >= 0.6 is 0 Å². The average Bonchev–Trinajstić information content (AvgIpc) is 3.21. The van der Waals surface area contributed by atoms with E-state index in [4.69, 9.17) is 5.73 Å². The molecule has 1 aromatic carbocycles. The van der Waals surface area contributed by atoms with Crippen molar-refractivity contribution >= 4 is 16.0 Å². The summed E-state index contributed by atoms with van der Waals surface area (Å²) in [5, 5.41) is 3.01. The molecule has 0 aliphatic heterocycles. The van der Waals surface area contributed by atoms with E-state index in [0.29, 0.717) is 18.5 Å². The molecule has 0 bridgehead atoms. The SMILES string of the molecule is NC(=NCCS(=O)(=O)NCc1ccccc1)NC1CC1. The fraction of sp³-hybridized carbons (Fsp3) is 0.462. The lowest BCUT2D eigenvalue weighted by atomic mass is 10.2. The van der Waals surface area contributed by atoms with Crippen LogP contribution in [0.4, 0.5) is 0 Å². The molecule has 4 N–H and O–H groups in total. The molecule has 110 valence electrons. The van der Waals surface area contributed by atoms with Gasteiger partial charge >= 0.3 is 0 Å². The van der Waals surface area contributed by atoms with E-state index in [-0.39, 0.29) is 12.3 Å². The smallest absolute Gasteiger partial charge is 0.213 e. The van der Waals surface area contributed by atoms with Crippen LogP contribution in [-0.4, -0.2) is 32.7 Å². The second-order valence-electron chi connectivity index (χ2n) is 4.81. The average molecular weight is 296 g/mol. The van der Waals surface area contributed by atoms with E-state index in [9.17, 15) is 8.42 Å². The number of nitrogens with zero attached hydrogens (tertiary/aromatic N) is 1. The van der Waals surface area contributed by atoms with Crippen molar-refractivity contribution in [2.75, 3.05) is 12.3 Å². The largest absolute Gasteiger partial charge is 0.370 e. The van der Waals surface area contributed by atoms with E-state index in [1.807, 2.05) is 30.3 Å². The van der Waals surface area contributed by atoms with E-state index in [1.165, 1.54) is 0 Å². The molecule has 1 aromatic rings. The molecule has 0 radical (unpaired) electrons. The van der Waals surface area contributed by atoms with Crippen LogP contribution in [0.2, 0.25) is 0 Å². The van der Waals surface area contributed by atoms with Crippen molar-refractivity contribution in [2.45, 2.75) is 25.4 Å². The van der Waals surface area contributed by atoms with E-state index in [1.54, 1.807) is 0 Å². The van der Waals surface area contributed by atoms with Crippen LogP contribution < -0.4 is 15.8 Å². The molecule has 20 heavy (non-hydrogen) atoms. The van der Waals surface area contributed by atoms with Crippen LogP contribution in [0.3, 0.4) is 0 Å². The Labute approximate surface area is 119 Å². The highest BCUT2D eigenvalue weighted by Crippen LogP contribution is 2.17. The molecule has 1 aliphatic carbocycles. The molecule has 2 rings (SSSR count). The van der Waals surface area contributed by atoms with Crippen LogP contribution in [0.5, 0.6) is 0 Å². The van der Waals surface area contributed by atoms with Crippen LogP contribution in [0.25, 0.3) is 0 Å². The molecule has 1 aliphatic rings. The topological polar surface area (TPSA) is 96.6 Å². The third-order valence-corrected chi connectivity index (χ3v) is 4.21. The second kappa shape index (κ2) is 6.71. The van der Waals surface area contributed by atoms with Gasteiger partial charge in [-0.15, -0.1) is 0 Å². The maximum absolute atomic E-state index is 11.8. The Hall–Kier alpha value is -1.60. The first-order chi connectivity index (χ1) is 9.55. The van der Waals surface area contributed by atoms with Gasteiger partial charge in [-0.05, 0) is 18.4 Å². The Kier molecular flexibility index (Phi) is 4.97. The number of nitrogens with two attached hydrogens (primary N) is 1. The molecule has 0 amide bonds.